The summed E-state index contributed by atoms with van der Waals surface area (Å²) in [6.45, 7) is 1.85. The summed E-state index contributed by atoms with van der Waals surface area (Å²) < 4.78 is 11.3. The Labute approximate surface area is 175 Å². The van der Waals surface area contributed by atoms with Crippen LogP contribution < -0.4 is 14.8 Å². The molecular formula is C24H25N3O3. The molecule has 0 fully saturated rings. The Balaban J connectivity index is 1.18. The molecule has 30 heavy (non-hydrogen) atoms. The van der Waals surface area contributed by atoms with E-state index in [4.69, 9.17) is 9.47 Å². The van der Waals surface area contributed by atoms with E-state index in [2.05, 4.69) is 15.3 Å². The van der Waals surface area contributed by atoms with Gasteiger partial charge in [-0.25, -0.2) is 4.98 Å². The van der Waals surface area contributed by atoms with E-state index in [0.29, 0.717) is 25.4 Å². The molecule has 0 saturated heterocycles. The molecule has 0 amide bonds. The molecule has 0 spiro atoms. The van der Waals surface area contributed by atoms with Crippen LogP contribution in [0.1, 0.15) is 0 Å². The highest BCUT2D eigenvalue weighted by atomic mass is 16.5. The van der Waals surface area contributed by atoms with Gasteiger partial charge in [0.25, 0.3) is 0 Å². The maximum atomic E-state index is 10.1. The molecular weight excluding hydrogens is 378 g/mol. The van der Waals surface area contributed by atoms with Crippen molar-refractivity contribution < 1.29 is 14.6 Å². The summed E-state index contributed by atoms with van der Waals surface area (Å²) in [7, 11) is 0. The molecule has 6 heteroatoms. The van der Waals surface area contributed by atoms with Gasteiger partial charge in [-0.2, -0.15) is 0 Å². The van der Waals surface area contributed by atoms with Crippen LogP contribution in [0.4, 0.5) is 0 Å². The topological polar surface area (TPSA) is 79.4 Å². The Morgan fingerprint density at radius 2 is 1.60 bits per heavy atom. The first-order valence-electron chi connectivity index (χ1n) is 10.0. The van der Waals surface area contributed by atoms with E-state index in [1.54, 1.807) is 0 Å². The number of nitrogens with one attached hydrogen (secondary N) is 2. The van der Waals surface area contributed by atoms with Crippen molar-refractivity contribution in [1.82, 2.24) is 15.3 Å². The van der Waals surface area contributed by atoms with Crippen molar-refractivity contribution >= 4 is 11.0 Å². The molecule has 4 rings (SSSR count). The maximum Gasteiger partial charge on any atom is 0.138 e. The van der Waals surface area contributed by atoms with E-state index in [9.17, 15) is 5.11 Å². The molecule has 154 valence electrons. The fourth-order valence-electron chi connectivity index (χ4n) is 3.08. The number of nitrogens with zero attached hydrogens (tertiary/aromatic N) is 1. The standard InChI is InChI=1S/C24H25N3O3/c28-19(16-25-14-15-29-20-6-2-1-3-7-20)17-30-21-12-10-18(11-13-21)24-26-22-8-4-5-9-23(22)27-24/h1-13,19,25,28H,14-17H2,(H,26,27). The highest BCUT2D eigenvalue weighted by molar-refractivity contribution is 5.79. The van der Waals surface area contributed by atoms with Crippen molar-refractivity contribution in [3.05, 3.63) is 78.9 Å². The van der Waals surface area contributed by atoms with Crippen LogP contribution in [0.15, 0.2) is 78.9 Å². The molecule has 0 aliphatic rings. The second-order valence-corrected chi connectivity index (χ2v) is 6.96. The number of fused-ring (bicyclic) bond motifs is 1. The van der Waals surface area contributed by atoms with Crippen LogP contribution in [0.3, 0.4) is 0 Å². The minimum absolute atomic E-state index is 0.219. The van der Waals surface area contributed by atoms with Gasteiger partial charge < -0.3 is 24.9 Å². The number of hydrogen-bond acceptors (Lipinski definition) is 5. The largest absolute Gasteiger partial charge is 0.492 e. The van der Waals surface area contributed by atoms with Gasteiger partial charge in [-0.3, -0.25) is 0 Å². The summed E-state index contributed by atoms with van der Waals surface area (Å²) in [4.78, 5) is 7.92. The molecule has 0 aliphatic carbocycles. The number of aliphatic hydroxyl groups is 1. The molecule has 0 aliphatic heterocycles. The first kappa shape index (κ1) is 19.9. The summed E-state index contributed by atoms with van der Waals surface area (Å²) in [5.74, 6) is 2.38. The highest BCUT2D eigenvalue weighted by Gasteiger charge is 2.07. The van der Waals surface area contributed by atoms with E-state index < -0.39 is 6.10 Å². The van der Waals surface area contributed by atoms with Gasteiger partial charge in [0.15, 0.2) is 0 Å². The average Bonchev–Trinajstić information content (AvgIpc) is 3.23. The lowest BCUT2D eigenvalue weighted by Gasteiger charge is -2.14. The zero-order chi connectivity index (χ0) is 20.6. The zero-order valence-electron chi connectivity index (χ0n) is 16.6. The van der Waals surface area contributed by atoms with E-state index in [1.165, 1.54) is 0 Å². The third-order valence-electron chi connectivity index (χ3n) is 4.63. The normalized spacial score (nSPS) is 12.0. The van der Waals surface area contributed by atoms with Crippen molar-refractivity contribution in [1.29, 1.82) is 0 Å². The van der Waals surface area contributed by atoms with Crippen LogP contribution in [-0.4, -0.2) is 47.5 Å². The Bertz CT molecular complexity index is 1020. The van der Waals surface area contributed by atoms with Gasteiger partial charge in [-0.15, -0.1) is 0 Å². The quantitative estimate of drug-likeness (QED) is 0.352. The summed E-state index contributed by atoms with van der Waals surface area (Å²) >= 11 is 0. The number of rotatable bonds is 10. The van der Waals surface area contributed by atoms with Gasteiger partial charge in [-0.1, -0.05) is 30.3 Å². The number of hydrogen-bond donors (Lipinski definition) is 3. The number of aromatic nitrogens is 2. The molecule has 1 aromatic heterocycles. The lowest BCUT2D eigenvalue weighted by molar-refractivity contribution is 0.105. The number of ether oxygens (including phenoxy) is 2. The monoisotopic (exact) mass is 403 g/mol. The SMILES string of the molecule is OC(CNCCOc1ccccc1)COc1ccc(-c2nc3ccccc3[nH]2)cc1. The van der Waals surface area contributed by atoms with E-state index in [0.717, 1.165) is 28.2 Å². The molecule has 3 aromatic carbocycles. The van der Waals surface area contributed by atoms with Crippen molar-refractivity contribution in [2.45, 2.75) is 6.10 Å². The van der Waals surface area contributed by atoms with Gasteiger partial charge in [0.05, 0.1) is 11.0 Å². The van der Waals surface area contributed by atoms with Crippen LogP contribution in [0, 0.1) is 0 Å². The lowest BCUT2D eigenvalue weighted by atomic mass is 10.2. The molecule has 6 nitrogen and oxygen atoms in total. The van der Waals surface area contributed by atoms with Gasteiger partial charge >= 0.3 is 0 Å². The van der Waals surface area contributed by atoms with Crippen LogP contribution in [0.25, 0.3) is 22.4 Å². The van der Waals surface area contributed by atoms with Gasteiger partial charge in [-0.05, 0) is 48.5 Å². The van der Waals surface area contributed by atoms with Crippen molar-refractivity contribution in [3.8, 4) is 22.9 Å². The van der Waals surface area contributed by atoms with Crippen LogP contribution in [0.2, 0.25) is 0 Å². The third kappa shape index (κ3) is 5.37. The summed E-state index contributed by atoms with van der Waals surface area (Å²) in [5.41, 5.74) is 2.94. The Hall–Kier alpha value is -3.35. The minimum Gasteiger partial charge on any atom is -0.492 e. The van der Waals surface area contributed by atoms with E-state index in [1.807, 2.05) is 78.9 Å². The Morgan fingerprint density at radius 3 is 2.40 bits per heavy atom. The first-order valence-corrected chi connectivity index (χ1v) is 10.0. The predicted molar refractivity (Wildman–Crippen MR) is 118 cm³/mol. The highest BCUT2D eigenvalue weighted by Crippen LogP contribution is 2.22. The second kappa shape index (κ2) is 9.91. The Morgan fingerprint density at radius 1 is 0.867 bits per heavy atom. The lowest BCUT2D eigenvalue weighted by Crippen LogP contribution is -2.33. The Kier molecular flexibility index (Phi) is 6.59. The first-order chi connectivity index (χ1) is 14.8. The number of benzene rings is 3. The molecule has 0 bridgehead atoms. The predicted octanol–water partition coefficient (Wildman–Crippen LogP) is 3.64. The second-order valence-electron chi connectivity index (χ2n) is 6.96. The number of para-hydroxylation sites is 3. The van der Waals surface area contributed by atoms with Gasteiger partial charge in [0, 0.05) is 18.7 Å². The molecule has 1 unspecified atom stereocenters. The minimum atomic E-state index is -0.600. The van der Waals surface area contributed by atoms with Crippen molar-refractivity contribution in [2.24, 2.45) is 0 Å². The fourth-order valence-corrected chi connectivity index (χ4v) is 3.08. The maximum absolute atomic E-state index is 10.1. The van der Waals surface area contributed by atoms with E-state index in [-0.39, 0.29) is 6.61 Å². The van der Waals surface area contributed by atoms with Gasteiger partial charge in [0.2, 0.25) is 0 Å². The van der Waals surface area contributed by atoms with Crippen molar-refractivity contribution in [2.75, 3.05) is 26.3 Å². The zero-order valence-corrected chi connectivity index (χ0v) is 16.6. The third-order valence-corrected chi connectivity index (χ3v) is 4.63. The molecule has 0 radical (unpaired) electrons. The van der Waals surface area contributed by atoms with Crippen LogP contribution >= 0.6 is 0 Å². The summed E-state index contributed by atoms with van der Waals surface area (Å²) in [5, 5.41) is 13.3. The average molecular weight is 403 g/mol. The molecule has 0 saturated carbocycles. The van der Waals surface area contributed by atoms with Crippen LogP contribution in [0.5, 0.6) is 11.5 Å². The molecule has 1 atom stereocenters. The van der Waals surface area contributed by atoms with Crippen LogP contribution in [-0.2, 0) is 0 Å². The summed E-state index contributed by atoms with van der Waals surface area (Å²) in [6, 6.07) is 25.3. The number of H-pyrrole nitrogens is 1. The molecule has 1 heterocycles. The number of imidazole rings is 1. The molecule has 3 N–H and O–H groups in total. The molecule has 4 aromatic rings. The van der Waals surface area contributed by atoms with Gasteiger partial charge in [0.1, 0.15) is 36.6 Å². The van der Waals surface area contributed by atoms with E-state index >= 15 is 0 Å². The fraction of sp³-hybridized carbons (Fsp3) is 0.208. The number of aliphatic hydroxyl groups excluding tert-OH is 1. The van der Waals surface area contributed by atoms with Crippen molar-refractivity contribution in [3.63, 3.8) is 0 Å². The number of aromatic amines is 1. The smallest absolute Gasteiger partial charge is 0.138 e. The summed E-state index contributed by atoms with van der Waals surface area (Å²) in [6.07, 6.45) is -0.600.